The molecule has 2 rings (SSSR count). The van der Waals surface area contributed by atoms with Crippen molar-refractivity contribution in [3.63, 3.8) is 0 Å². The third kappa shape index (κ3) is 5.03. The van der Waals surface area contributed by atoms with E-state index < -0.39 is 47.6 Å². The number of hydrogen-bond acceptors (Lipinski definition) is 3. The van der Waals surface area contributed by atoms with Gasteiger partial charge in [-0.3, -0.25) is 9.53 Å². The van der Waals surface area contributed by atoms with Gasteiger partial charge in [0.25, 0.3) is 5.91 Å². The molecule has 34 heavy (non-hydrogen) atoms. The predicted octanol–water partition coefficient (Wildman–Crippen LogP) is 6.34. The van der Waals surface area contributed by atoms with E-state index in [2.05, 4.69) is 4.74 Å². The zero-order valence-corrected chi connectivity index (χ0v) is 16.5. The number of methoxy groups -OCH3 is 1. The lowest BCUT2D eigenvalue weighted by atomic mass is 10.0. The van der Waals surface area contributed by atoms with Gasteiger partial charge in [-0.15, -0.1) is 0 Å². The van der Waals surface area contributed by atoms with Gasteiger partial charge in [-0.2, -0.15) is 48.3 Å². The average molecular weight is 511 g/mol. The Balaban J connectivity index is 2.49. The predicted molar refractivity (Wildman–Crippen MR) is 94.0 cm³/mol. The fraction of sp³-hybridized carbons (Fsp3) is 0.316. The van der Waals surface area contributed by atoms with Crippen molar-refractivity contribution in [2.45, 2.75) is 30.2 Å². The highest BCUT2D eigenvalue weighted by molar-refractivity contribution is 5.98. The van der Waals surface area contributed by atoms with Crippen molar-refractivity contribution >= 4 is 11.6 Å². The SMILES string of the molecule is COc1ccc(-c2ccccc2)cc1NC(=O)C(F)(OC(F)(F)C(F)(F)C(F)(F)F)C(F)(F)F. The van der Waals surface area contributed by atoms with E-state index in [1.54, 1.807) is 18.2 Å². The van der Waals surface area contributed by atoms with Gasteiger partial charge < -0.3 is 10.1 Å². The highest BCUT2D eigenvalue weighted by Crippen LogP contribution is 2.51. The molecule has 0 saturated heterocycles. The van der Waals surface area contributed by atoms with Gasteiger partial charge in [0.15, 0.2) is 0 Å². The largest absolute Gasteiger partial charge is 0.495 e. The Morgan fingerprint density at radius 3 is 1.79 bits per heavy atom. The van der Waals surface area contributed by atoms with E-state index in [0.29, 0.717) is 5.56 Å². The summed E-state index contributed by atoms with van der Waals surface area (Å²) in [6, 6.07) is 11.0. The number of anilines is 1. The maximum absolute atomic E-state index is 14.5. The third-order valence-corrected chi connectivity index (χ3v) is 4.20. The van der Waals surface area contributed by atoms with Crippen LogP contribution >= 0.6 is 0 Å². The van der Waals surface area contributed by atoms with Crippen molar-refractivity contribution in [2.75, 3.05) is 12.4 Å². The van der Waals surface area contributed by atoms with E-state index in [-0.39, 0.29) is 5.56 Å². The number of halogens is 11. The smallest absolute Gasteiger partial charge is 0.462 e. The molecule has 0 saturated carbocycles. The second-order valence-corrected chi connectivity index (χ2v) is 6.52. The maximum Gasteiger partial charge on any atom is 0.462 e. The van der Waals surface area contributed by atoms with Crippen LogP contribution < -0.4 is 10.1 Å². The molecule has 0 bridgehead atoms. The van der Waals surface area contributed by atoms with E-state index >= 15 is 0 Å². The monoisotopic (exact) mass is 511 g/mol. The molecule has 4 nitrogen and oxygen atoms in total. The van der Waals surface area contributed by atoms with Crippen LogP contribution in [0.3, 0.4) is 0 Å². The second kappa shape index (κ2) is 8.92. The molecule has 0 spiro atoms. The fourth-order valence-corrected chi connectivity index (χ4v) is 2.46. The molecule has 1 N–H and O–H groups in total. The minimum Gasteiger partial charge on any atom is -0.495 e. The molecule has 0 fully saturated rings. The van der Waals surface area contributed by atoms with E-state index in [1.165, 1.54) is 23.5 Å². The lowest BCUT2D eigenvalue weighted by Gasteiger charge is -2.34. The summed E-state index contributed by atoms with van der Waals surface area (Å²) in [5.74, 6) is -17.2. The normalized spacial score (nSPS) is 14.9. The zero-order chi connectivity index (χ0) is 26.2. The number of hydrogen-bond donors (Lipinski definition) is 1. The molecule has 0 heterocycles. The number of rotatable bonds is 7. The van der Waals surface area contributed by atoms with Crippen LogP contribution in [0.5, 0.6) is 5.75 Å². The minimum absolute atomic E-state index is 0.183. The second-order valence-electron chi connectivity index (χ2n) is 6.52. The van der Waals surface area contributed by atoms with Crippen LogP contribution in [0.15, 0.2) is 48.5 Å². The fourth-order valence-electron chi connectivity index (χ4n) is 2.46. The van der Waals surface area contributed by atoms with Crippen LogP contribution in [0.4, 0.5) is 54.0 Å². The van der Waals surface area contributed by atoms with Crippen LogP contribution in [-0.2, 0) is 9.53 Å². The van der Waals surface area contributed by atoms with Crippen molar-refractivity contribution in [2.24, 2.45) is 0 Å². The van der Waals surface area contributed by atoms with Gasteiger partial charge in [0.1, 0.15) is 5.75 Å². The molecule has 1 unspecified atom stereocenters. The van der Waals surface area contributed by atoms with Gasteiger partial charge in [-0.25, -0.2) is 0 Å². The van der Waals surface area contributed by atoms with E-state index in [9.17, 15) is 53.1 Å². The summed E-state index contributed by atoms with van der Waals surface area (Å²) in [6.07, 6.45) is -21.1. The molecular formula is C19H12F11NO3. The van der Waals surface area contributed by atoms with Gasteiger partial charge in [0.2, 0.25) is 0 Å². The molecule has 0 aliphatic rings. The molecule has 0 aliphatic heterocycles. The Bertz CT molecular complexity index is 1020. The first-order valence-electron chi connectivity index (χ1n) is 8.70. The standard InChI is InChI=1S/C19H12F11NO3/c1-33-13-8-7-11(10-5-3-2-4-6-10)9-12(13)31-14(32)15(20,17(23,24)25)34-19(29,30)16(21,22)18(26,27)28/h2-9H,1H3,(H,31,32). The summed E-state index contributed by atoms with van der Waals surface area (Å²) in [4.78, 5) is 12.0. The number of alkyl halides is 11. The summed E-state index contributed by atoms with van der Waals surface area (Å²) >= 11 is 0. The number of amides is 1. The first-order valence-corrected chi connectivity index (χ1v) is 8.70. The Labute approximate surface area is 183 Å². The molecule has 0 aliphatic carbocycles. The topological polar surface area (TPSA) is 47.6 Å². The molecule has 188 valence electrons. The first-order chi connectivity index (χ1) is 15.4. The van der Waals surface area contributed by atoms with Crippen LogP contribution in [0.25, 0.3) is 11.1 Å². The number of ether oxygens (including phenoxy) is 2. The molecule has 1 amide bonds. The molecule has 1 atom stereocenters. The number of carbonyl (C=O) groups excluding carboxylic acids is 1. The first kappa shape index (κ1) is 27.1. The summed E-state index contributed by atoms with van der Waals surface area (Å²) < 4.78 is 150. The van der Waals surface area contributed by atoms with Gasteiger partial charge >= 0.3 is 30.2 Å². The van der Waals surface area contributed by atoms with Crippen molar-refractivity contribution in [3.05, 3.63) is 48.5 Å². The maximum atomic E-state index is 14.5. The molecular weight excluding hydrogens is 499 g/mol. The Morgan fingerprint density at radius 2 is 1.32 bits per heavy atom. The van der Waals surface area contributed by atoms with Crippen molar-refractivity contribution in [1.82, 2.24) is 0 Å². The van der Waals surface area contributed by atoms with E-state index in [0.717, 1.165) is 19.2 Å². The molecule has 2 aromatic carbocycles. The summed E-state index contributed by atoms with van der Waals surface area (Å²) in [7, 11) is 0.953. The van der Waals surface area contributed by atoms with Crippen molar-refractivity contribution in [3.8, 4) is 16.9 Å². The highest BCUT2D eigenvalue weighted by Gasteiger charge is 2.79. The van der Waals surface area contributed by atoms with E-state index in [4.69, 9.17) is 4.74 Å². The molecule has 2 aromatic rings. The van der Waals surface area contributed by atoms with Crippen LogP contribution in [0.2, 0.25) is 0 Å². The van der Waals surface area contributed by atoms with Gasteiger partial charge in [0.05, 0.1) is 12.8 Å². The summed E-state index contributed by atoms with van der Waals surface area (Å²) in [5.41, 5.74) is -0.173. The van der Waals surface area contributed by atoms with Gasteiger partial charge in [-0.05, 0) is 23.3 Å². The Hall–Kier alpha value is -3.10. The Morgan fingerprint density at radius 1 is 0.765 bits per heavy atom. The summed E-state index contributed by atoms with van der Waals surface area (Å²) in [5, 5.41) is 1.19. The lowest BCUT2D eigenvalue weighted by Crippen LogP contribution is -2.62. The molecule has 0 aromatic heterocycles. The number of nitrogens with one attached hydrogen (secondary N) is 1. The lowest BCUT2D eigenvalue weighted by molar-refractivity contribution is -0.472. The number of carbonyl (C=O) groups is 1. The molecule has 0 radical (unpaired) electrons. The summed E-state index contributed by atoms with van der Waals surface area (Å²) in [6.45, 7) is 0. The van der Waals surface area contributed by atoms with Crippen LogP contribution in [0.1, 0.15) is 0 Å². The molecule has 15 heteroatoms. The van der Waals surface area contributed by atoms with Crippen LogP contribution in [0, 0.1) is 0 Å². The highest BCUT2D eigenvalue weighted by atomic mass is 19.4. The quantitative estimate of drug-likeness (QED) is 0.442. The van der Waals surface area contributed by atoms with E-state index in [1.807, 2.05) is 0 Å². The van der Waals surface area contributed by atoms with Crippen molar-refractivity contribution < 1.29 is 62.6 Å². The third-order valence-electron chi connectivity index (χ3n) is 4.20. The average Bonchev–Trinajstić information content (AvgIpc) is 2.72. The van der Waals surface area contributed by atoms with Gasteiger partial charge in [0, 0.05) is 0 Å². The van der Waals surface area contributed by atoms with Crippen molar-refractivity contribution in [1.29, 1.82) is 0 Å². The number of benzene rings is 2. The van der Waals surface area contributed by atoms with Gasteiger partial charge in [-0.1, -0.05) is 36.4 Å². The zero-order valence-electron chi connectivity index (χ0n) is 16.5. The minimum atomic E-state index is -7.28. The van der Waals surface area contributed by atoms with Crippen LogP contribution in [-0.4, -0.2) is 43.3 Å². The Kier molecular flexibility index (Phi) is 7.13.